The predicted molar refractivity (Wildman–Crippen MR) is 252 cm³/mol. The van der Waals surface area contributed by atoms with E-state index in [0.717, 1.165) is 24.1 Å². The number of aliphatic carboxylic acids is 1. The number of hydrogen-bond donors (Lipinski definition) is 15. The molecule has 2 spiro atoms. The third kappa shape index (κ3) is 7.16. The molecule has 12 atom stereocenters. The molecular weight excluding hydrogens is 987 g/mol. The summed E-state index contributed by atoms with van der Waals surface area (Å²) in [7, 11) is 0. The number of piperidine rings is 1. The number of benzene rings is 2. The molecule has 3 saturated heterocycles. The van der Waals surface area contributed by atoms with E-state index >= 15 is 4.79 Å². The number of carbonyl (C=O) groups is 2. The van der Waals surface area contributed by atoms with Gasteiger partial charge in [-0.05, 0) is 60.6 Å². The monoisotopic (exact) mass is 1040 g/mol. The summed E-state index contributed by atoms with van der Waals surface area (Å²) >= 11 is 0. The maximum absolute atomic E-state index is 15.3. The summed E-state index contributed by atoms with van der Waals surface area (Å²) in [6, 6.07) is 6.24. The maximum atomic E-state index is 15.3. The lowest BCUT2D eigenvalue weighted by molar-refractivity contribution is -0.399. The molecule has 15 N–H and O–H groups in total. The van der Waals surface area contributed by atoms with Gasteiger partial charge in [0.1, 0.15) is 52.1 Å². The summed E-state index contributed by atoms with van der Waals surface area (Å²) < 4.78 is 30.9. The fraction of sp³-hybridized carbons (Fsp3) is 0.404. The van der Waals surface area contributed by atoms with Gasteiger partial charge in [-0.1, -0.05) is 36.8 Å². The van der Waals surface area contributed by atoms with Gasteiger partial charge in [-0.25, -0.2) is 9.59 Å². The largest absolute Gasteiger partial charge is 0.507 e. The molecule has 7 aliphatic heterocycles. The number of carbonyl (C=O) groups excluding carboxylic acids is 1. The van der Waals surface area contributed by atoms with E-state index in [9.17, 15) is 70.9 Å². The van der Waals surface area contributed by atoms with Gasteiger partial charge in [0, 0.05) is 83.4 Å². The van der Waals surface area contributed by atoms with Gasteiger partial charge in [-0.15, -0.1) is 0 Å². The van der Waals surface area contributed by atoms with Crippen LogP contribution < -0.4 is 20.8 Å². The number of phenolic OH excluding ortho intramolecular Hbond substituents is 3. The highest BCUT2D eigenvalue weighted by atomic mass is 16.8. The molecule has 392 valence electrons. The van der Waals surface area contributed by atoms with Gasteiger partial charge in [-0.2, -0.15) is 0 Å². The lowest BCUT2D eigenvalue weighted by Crippen LogP contribution is -2.80. The van der Waals surface area contributed by atoms with E-state index in [4.69, 9.17) is 23.4 Å². The third-order valence-corrected chi connectivity index (χ3v) is 15.4. The summed E-state index contributed by atoms with van der Waals surface area (Å²) in [5, 5.41) is 143. The number of fused-ring (bicyclic) bond motifs is 7. The van der Waals surface area contributed by atoms with Crippen LogP contribution in [0.1, 0.15) is 54.5 Å². The number of aliphatic hydroxyl groups excluding tert-OH is 5. The number of carboxylic acid groups (broad SMARTS) is 1. The molecule has 2 aromatic heterocycles. The Hall–Kier alpha value is -7.23. The van der Waals surface area contributed by atoms with Crippen LogP contribution in [0.5, 0.6) is 23.0 Å². The van der Waals surface area contributed by atoms with Gasteiger partial charge in [0.25, 0.3) is 11.4 Å². The fourth-order valence-corrected chi connectivity index (χ4v) is 11.2. The van der Waals surface area contributed by atoms with E-state index in [1.54, 1.807) is 18.5 Å². The molecule has 23 heteroatoms. The number of aromatic amines is 1. The zero-order chi connectivity index (χ0) is 53.3. The van der Waals surface area contributed by atoms with Crippen molar-refractivity contribution in [3.8, 4) is 58.0 Å². The molecule has 12 rings (SSSR count). The van der Waals surface area contributed by atoms with Crippen LogP contribution in [0.25, 0.3) is 22.3 Å². The lowest BCUT2D eigenvalue weighted by Gasteiger charge is -2.57. The zero-order valence-electron chi connectivity index (χ0n) is 39.4. The van der Waals surface area contributed by atoms with Crippen molar-refractivity contribution in [3.05, 3.63) is 104 Å². The first kappa shape index (κ1) is 50.0. The van der Waals surface area contributed by atoms with Crippen molar-refractivity contribution in [2.75, 3.05) is 13.2 Å². The zero-order valence-corrected chi connectivity index (χ0v) is 39.4. The number of rotatable bonds is 5. The summed E-state index contributed by atoms with van der Waals surface area (Å²) in [5.74, 6) is -4.62. The Labute approximate surface area is 423 Å². The Kier molecular flexibility index (Phi) is 11.6. The molecule has 75 heavy (non-hydrogen) atoms. The molecule has 0 amide bonds. The van der Waals surface area contributed by atoms with E-state index in [1.807, 2.05) is 18.9 Å². The summed E-state index contributed by atoms with van der Waals surface area (Å²) in [6.45, 7) is 2.29. The lowest BCUT2D eigenvalue weighted by atomic mass is 9.67. The molecule has 9 heterocycles. The van der Waals surface area contributed by atoms with Crippen molar-refractivity contribution >= 4 is 22.9 Å². The number of esters is 1. The molecule has 2 aromatic carbocycles. The third-order valence-electron chi connectivity index (χ3n) is 15.4. The maximum Gasteiger partial charge on any atom is 0.354 e. The smallest absolute Gasteiger partial charge is 0.354 e. The van der Waals surface area contributed by atoms with E-state index in [2.05, 4.69) is 33.4 Å². The van der Waals surface area contributed by atoms with Crippen molar-refractivity contribution in [2.24, 2.45) is 5.92 Å². The molecule has 0 radical (unpaired) electrons. The van der Waals surface area contributed by atoms with Crippen molar-refractivity contribution in [1.29, 1.82) is 0 Å². The molecule has 12 unspecified atom stereocenters. The number of aliphatic hydroxyl groups is 8. The molecule has 1 aliphatic carbocycles. The molecule has 4 aromatic rings. The minimum absolute atomic E-state index is 0.0233. The Morgan fingerprint density at radius 2 is 1.75 bits per heavy atom. The molecule has 23 nitrogen and oxygen atoms in total. The van der Waals surface area contributed by atoms with Crippen LogP contribution in [0.4, 0.5) is 0 Å². The average Bonchev–Trinajstić information content (AvgIpc) is 3.77. The number of carboxylic acids is 1. The first-order chi connectivity index (χ1) is 35.6. The average molecular weight is 1040 g/mol. The van der Waals surface area contributed by atoms with Gasteiger partial charge >= 0.3 is 11.9 Å². The van der Waals surface area contributed by atoms with Crippen molar-refractivity contribution in [1.82, 2.24) is 15.6 Å². The quantitative estimate of drug-likeness (QED) is 0.0362. The van der Waals surface area contributed by atoms with E-state index < -0.39 is 125 Å². The highest BCUT2D eigenvalue weighted by Gasteiger charge is 2.76. The highest BCUT2D eigenvalue weighted by molar-refractivity contribution is 5.90. The SMILES string of the molecule is CC1CCNC2NC=C(C3C=C4Cc5[nH]ccc5C#CCC5(O)C(O)C(O)C4(Oc4cc6oc(-c7cc(O)c(O)c(CCO)c7)cc(=O)c6c(O)c43)OC53CC#CC4(C(=O)O)OC(OC3=O)C(O)C(O)C4(O)O)C=C12. The summed E-state index contributed by atoms with van der Waals surface area (Å²) in [5.41, 5.74) is -9.29. The normalized spacial score (nSPS) is 34.3. The van der Waals surface area contributed by atoms with E-state index in [-0.39, 0.29) is 63.9 Å². The minimum atomic E-state index is -3.89. The van der Waals surface area contributed by atoms with E-state index in [0.29, 0.717) is 23.4 Å². The molecule has 4 bridgehead atoms. The first-order valence-electron chi connectivity index (χ1n) is 23.8. The number of H-pyrrole nitrogens is 1. The number of phenols is 3. The van der Waals surface area contributed by atoms with Gasteiger partial charge in [-0.3, -0.25) is 10.1 Å². The molecule has 3 fully saturated rings. The number of ether oxygens (including phenoxy) is 4. The number of allylic oxidation sites excluding steroid dienone is 3. The summed E-state index contributed by atoms with van der Waals surface area (Å²) in [4.78, 5) is 45.7. The standard InChI is InChI=1S/C52H49N3O20/c1-22-5-11-54-44-28(22)15-26(21-55-44)29-17-27-18-30-23(6-12-53-30)4-2-8-48(68)42(63)43(64)51(27,75-50(48)10-3-9-49(46(65)66)52(69,70)41(62)40(61)45(74-49)72-47(50)67)73-35-20-34-37(39(60)36(29)35)31(57)19-33(71-34)25-14-24(7-13-56)38(59)32(58)16-25/h6,12,14-17,19-22,29,40-45,53-56,58-64,68-70H,5,7-8,10-11,13,18H2,1H3,(H,65,66). The summed E-state index contributed by atoms with van der Waals surface area (Å²) in [6.07, 6.45) is -8.78. The molecular formula is C52H49N3O20. The Balaban J connectivity index is 1.19. The first-order valence-corrected chi connectivity index (χ1v) is 23.8. The highest BCUT2D eigenvalue weighted by Crippen LogP contribution is 2.57. The second kappa shape index (κ2) is 17.4. The van der Waals surface area contributed by atoms with Crippen LogP contribution in [0.2, 0.25) is 0 Å². The van der Waals surface area contributed by atoms with Crippen molar-refractivity contribution < 1.29 is 94.2 Å². The van der Waals surface area contributed by atoms with Crippen LogP contribution >= 0.6 is 0 Å². The Morgan fingerprint density at radius 3 is 2.51 bits per heavy atom. The van der Waals surface area contributed by atoms with E-state index in [1.165, 1.54) is 18.2 Å². The molecule has 8 aliphatic rings. The van der Waals surface area contributed by atoms with Crippen molar-refractivity contribution in [3.63, 3.8) is 0 Å². The Morgan fingerprint density at radius 1 is 0.960 bits per heavy atom. The van der Waals surface area contributed by atoms with Gasteiger partial charge in [0.15, 0.2) is 23.0 Å². The van der Waals surface area contributed by atoms with Crippen LogP contribution in [-0.4, -0.2) is 157 Å². The topological polar surface area (TPSA) is 384 Å². The predicted octanol–water partition coefficient (Wildman–Crippen LogP) is -1.34. The van der Waals surface area contributed by atoms with Gasteiger partial charge in [0.2, 0.25) is 17.7 Å². The number of hydrogen-bond acceptors (Lipinski definition) is 21. The fourth-order valence-electron chi connectivity index (χ4n) is 11.2. The van der Waals surface area contributed by atoms with Crippen LogP contribution in [0.15, 0.2) is 80.8 Å². The number of nitrogens with one attached hydrogen (secondary N) is 3. The van der Waals surface area contributed by atoms with Crippen LogP contribution in [-0.2, 0) is 36.6 Å². The van der Waals surface area contributed by atoms with Gasteiger partial charge < -0.3 is 94.9 Å². The second-order valence-electron chi connectivity index (χ2n) is 19.7. The number of aromatic nitrogens is 1. The van der Waals surface area contributed by atoms with Crippen LogP contribution in [0, 0.1) is 29.6 Å². The van der Waals surface area contributed by atoms with Crippen LogP contribution in [0.3, 0.4) is 0 Å². The minimum Gasteiger partial charge on any atom is -0.507 e. The second-order valence-corrected chi connectivity index (χ2v) is 19.7. The number of aromatic hydroxyl groups is 3. The molecule has 0 saturated carbocycles. The Bertz CT molecular complexity index is 3410. The number of dihydropyridines is 1. The van der Waals surface area contributed by atoms with Gasteiger partial charge in [0.05, 0.1) is 12.6 Å². The van der Waals surface area contributed by atoms with Crippen molar-refractivity contribution in [2.45, 2.75) is 110 Å².